The molecule has 2 N–H and O–H groups in total. The highest BCUT2D eigenvalue weighted by molar-refractivity contribution is 7.27. The fourth-order valence-electron chi connectivity index (χ4n) is 3.02. The van der Waals surface area contributed by atoms with Crippen LogP contribution in [0.4, 0.5) is 4.39 Å². The zero-order chi connectivity index (χ0) is 21.6. The molecule has 160 valence electrons. The van der Waals surface area contributed by atoms with E-state index in [9.17, 15) is 9.50 Å². The van der Waals surface area contributed by atoms with Crippen LogP contribution in [0.1, 0.15) is 50.8 Å². The zero-order valence-electron chi connectivity index (χ0n) is 18.2. The summed E-state index contributed by atoms with van der Waals surface area (Å²) in [6.45, 7) is 9.28. The van der Waals surface area contributed by atoms with E-state index in [1.54, 1.807) is 0 Å². The van der Waals surface area contributed by atoms with E-state index in [2.05, 4.69) is 50.7 Å². The van der Waals surface area contributed by atoms with Gasteiger partial charge in [-0.05, 0) is 59.6 Å². The Morgan fingerprint density at radius 2 is 1.83 bits per heavy atom. The summed E-state index contributed by atoms with van der Waals surface area (Å²) < 4.78 is 13.7. The molecule has 0 aliphatic carbocycles. The molecule has 0 aliphatic heterocycles. The van der Waals surface area contributed by atoms with Crippen molar-refractivity contribution in [3.8, 4) is 0 Å². The molecule has 3 atom stereocenters. The minimum atomic E-state index is -0.640. The second-order valence-corrected chi connectivity index (χ2v) is 7.44. The van der Waals surface area contributed by atoms with Crippen molar-refractivity contribution in [1.82, 2.24) is 5.32 Å². The highest BCUT2D eigenvalue weighted by atomic mass is 31.0. The Morgan fingerprint density at radius 1 is 1.10 bits per heavy atom. The SMILES string of the molecule is CC.CCC=NC(Cc1cc(F)cc(P)c1)C(O)CNCc1cccc(CC)c1. The first kappa shape index (κ1) is 25.4. The summed E-state index contributed by atoms with van der Waals surface area (Å²) in [6.07, 6.45) is 3.50. The summed E-state index contributed by atoms with van der Waals surface area (Å²) in [7, 11) is 2.52. The fourth-order valence-corrected chi connectivity index (χ4v) is 3.40. The van der Waals surface area contributed by atoms with Crippen molar-refractivity contribution >= 4 is 20.8 Å². The number of aliphatic imine (C=N–C) groups is 1. The number of benzene rings is 2. The average molecular weight is 419 g/mol. The van der Waals surface area contributed by atoms with Crippen LogP contribution in [0.15, 0.2) is 47.5 Å². The van der Waals surface area contributed by atoms with Crippen LogP contribution >= 0.6 is 9.24 Å². The van der Waals surface area contributed by atoms with Crippen molar-refractivity contribution in [1.29, 1.82) is 0 Å². The number of hydrogen-bond donors (Lipinski definition) is 2. The number of nitrogens with zero attached hydrogens (tertiary/aromatic N) is 1. The standard InChI is InChI=1S/C22H30FN2OP.C2H6/c1-3-8-25-21(12-18-10-19(23)13-20(27)11-18)22(26)15-24-14-17-7-5-6-16(4-2)9-17;1-2/h5-11,13,21-22,24,26H,3-4,12,14-15,27H2,1-2H3;1-2H3. The molecule has 2 rings (SSSR count). The summed E-state index contributed by atoms with van der Waals surface area (Å²) in [6, 6.07) is 13.0. The van der Waals surface area contributed by atoms with E-state index in [1.807, 2.05) is 33.1 Å². The molecular weight excluding hydrogens is 382 g/mol. The molecule has 3 nitrogen and oxygen atoms in total. The molecule has 0 heterocycles. The van der Waals surface area contributed by atoms with Gasteiger partial charge in [0.05, 0.1) is 12.1 Å². The number of hydrogen-bond acceptors (Lipinski definition) is 3. The van der Waals surface area contributed by atoms with Gasteiger partial charge in [0.1, 0.15) is 5.82 Å². The maximum absolute atomic E-state index is 13.7. The van der Waals surface area contributed by atoms with E-state index in [1.165, 1.54) is 23.3 Å². The Bertz CT molecular complexity index is 731. The van der Waals surface area contributed by atoms with Gasteiger partial charge in [-0.3, -0.25) is 4.99 Å². The Balaban J connectivity index is 0.00000204. The number of aryl methyl sites for hydroxylation is 1. The van der Waals surface area contributed by atoms with Gasteiger partial charge in [-0.2, -0.15) is 0 Å². The Morgan fingerprint density at radius 3 is 2.48 bits per heavy atom. The van der Waals surface area contributed by atoms with Crippen LogP contribution in [0.25, 0.3) is 0 Å². The predicted octanol–water partition coefficient (Wildman–Crippen LogP) is 4.46. The first-order valence-electron chi connectivity index (χ1n) is 10.5. The van der Waals surface area contributed by atoms with Gasteiger partial charge in [-0.15, -0.1) is 9.24 Å². The van der Waals surface area contributed by atoms with E-state index in [4.69, 9.17) is 0 Å². The zero-order valence-corrected chi connectivity index (χ0v) is 19.3. The lowest BCUT2D eigenvalue weighted by Crippen LogP contribution is -2.36. The largest absolute Gasteiger partial charge is 0.390 e. The van der Waals surface area contributed by atoms with Gasteiger partial charge < -0.3 is 10.4 Å². The smallest absolute Gasteiger partial charge is 0.124 e. The quantitative estimate of drug-likeness (QED) is 0.442. The minimum Gasteiger partial charge on any atom is -0.390 e. The molecular formula is C24H36FN2OP. The van der Waals surface area contributed by atoms with Crippen molar-refractivity contribution in [2.45, 2.75) is 65.6 Å². The van der Waals surface area contributed by atoms with Crippen molar-refractivity contribution in [2.75, 3.05) is 6.54 Å². The third-order valence-corrected chi connectivity index (χ3v) is 4.76. The van der Waals surface area contributed by atoms with Crippen LogP contribution < -0.4 is 10.6 Å². The second-order valence-electron chi connectivity index (χ2n) is 6.78. The van der Waals surface area contributed by atoms with Gasteiger partial charge in [0.15, 0.2) is 0 Å². The molecule has 0 saturated carbocycles. The van der Waals surface area contributed by atoms with Gasteiger partial charge in [0, 0.05) is 13.1 Å². The molecule has 0 radical (unpaired) electrons. The van der Waals surface area contributed by atoms with E-state index >= 15 is 0 Å². The van der Waals surface area contributed by atoms with Gasteiger partial charge in [0.25, 0.3) is 0 Å². The van der Waals surface area contributed by atoms with E-state index in [0.717, 1.165) is 23.7 Å². The predicted molar refractivity (Wildman–Crippen MR) is 127 cm³/mol. The molecule has 0 fully saturated rings. The molecule has 0 spiro atoms. The summed E-state index contributed by atoms with van der Waals surface area (Å²) in [5, 5.41) is 14.8. The van der Waals surface area contributed by atoms with Crippen molar-refractivity contribution in [3.63, 3.8) is 0 Å². The topological polar surface area (TPSA) is 44.6 Å². The summed E-state index contributed by atoms with van der Waals surface area (Å²) >= 11 is 0. The maximum Gasteiger partial charge on any atom is 0.124 e. The van der Waals surface area contributed by atoms with Gasteiger partial charge in [-0.1, -0.05) is 58.0 Å². The van der Waals surface area contributed by atoms with Crippen molar-refractivity contribution in [2.24, 2.45) is 4.99 Å². The van der Waals surface area contributed by atoms with Gasteiger partial charge >= 0.3 is 0 Å². The maximum atomic E-state index is 13.7. The molecule has 2 aromatic carbocycles. The summed E-state index contributed by atoms with van der Waals surface area (Å²) in [5.74, 6) is -0.265. The Kier molecular flexibility index (Phi) is 12.6. The molecule has 0 saturated heterocycles. The van der Waals surface area contributed by atoms with E-state index in [0.29, 0.717) is 19.5 Å². The highest BCUT2D eigenvalue weighted by Crippen LogP contribution is 2.12. The average Bonchev–Trinajstić information content (AvgIpc) is 2.72. The molecule has 5 heteroatoms. The third kappa shape index (κ3) is 9.62. The summed E-state index contributed by atoms with van der Waals surface area (Å²) in [4.78, 5) is 4.51. The molecule has 0 aromatic heterocycles. The molecule has 3 unspecified atom stereocenters. The van der Waals surface area contributed by atoms with Crippen molar-refractivity contribution < 1.29 is 9.50 Å². The van der Waals surface area contributed by atoms with Gasteiger partial charge in [0.2, 0.25) is 0 Å². The number of rotatable bonds is 10. The van der Waals surface area contributed by atoms with E-state index in [-0.39, 0.29) is 11.9 Å². The van der Waals surface area contributed by atoms with Gasteiger partial charge in [-0.25, -0.2) is 4.39 Å². The number of aliphatic hydroxyl groups is 1. The molecule has 0 bridgehead atoms. The van der Waals surface area contributed by atoms with Crippen LogP contribution in [-0.4, -0.2) is 30.0 Å². The lowest BCUT2D eigenvalue weighted by molar-refractivity contribution is 0.142. The molecule has 29 heavy (non-hydrogen) atoms. The molecule has 0 aliphatic rings. The van der Waals surface area contributed by atoms with Crippen LogP contribution in [0.5, 0.6) is 0 Å². The fraction of sp³-hybridized carbons (Fsp3) is 0.458. The minimum absolute atomic E-state index is 0.265. The monoisotopic (exact) mass is 418 g/mol. The normalized spacial score (nSPS) is 13.1. The van der Waals surface area contributed by atoms with Crippen LogP contribution in [0, 0.1) is 5.82 Å². The molecule has 0 amide bonds. The van der Waals surface area contributed by atoms with Crippen LogP contribution in [0.3, 0.4) is 0 Å². The molecule has 2 aromatic rings. The lowest BCUT2D eigenvalue weighted by Gasteiger charge is -2.20. The highest BCUT2D eigenvalue weighted by Gasteiger charge is 2.18. The second kappa shape index (κ2) is 14.4. The number of halogens is 1. The Labute approximate surface area is 178 Å². The first-order valence-corrected chi connectivity index (χ1v) is 11.1. The summed E-state index contributed by atoms with van der Waals surface area (Å²) in [5.41, 5.74) is 3.35. The van der Waals surface area contributed by atoms with Crippen molar-refractivity contribution in [3.05, 3.63) is 65.0 Å². The lowest BCUT2D eigenvalue weighted by atomic mass is 10.0. The first-order chi connectivity index (χ1) is 14.0. The number of aliphatic hydroxyl groups excluding tert-OH is 1. The third-order valence-electron chi connectivity index (χ3n) is 4.43. The van der Waals surface area contributed by atoms with E-state index < -0.39 is 6.10 Å². The Hall–Kier alpha value is -1.61. The van der Waals surface area contributed by atoms with Crippen LogP contribution in [0.2, 0.25) is 0 Å². The number of nitrogens with one attached hydrogen (secondary N) is 1. The van der Waals surface area contributed by atoms with Crippen LogP contribution in [-0.2, 0) is 19.4 Å².